The van der Waals surface area contributed by atoms with Crippen LogP contribution in [0.4, 0.5) is 5.69 Å². The number of ether oxygens (including phenoxy) is 1. The lowest BCUT2D eigenvalue weighted by Gasteiger charge is -1.95. The Bertz CT molecular complexity index is 618. The van der Waals surface area contributed by atoms with Crippen LogP contribution in [-0.2, 0) is 4.74 Å². The molecule has 0 N–H and O–H groups in total. The summed E-state index contributed by atoms with van der Waals surface area (Å²) in [6.07, 6.45) is 1.48. The molecule has 1 aromatic heterocycles. The van der Waals surface area contributed by atoms with Gasteiger partial charge in [-0.2, -0.15) is 0 Å². The van der Waals surface area contributed by atoms with Crippen LogP contribution in [0.15, 0.2) is 41.4 Å². The molecule has 5 heteroatoms. The Hall–Kier alpha value is -1.85. The van der Waals surface area contributed by atoms with Gasteiger partial charge in [-0.05, 0) is 11.6 Å². The van der Waals surface area contributed by atoms with E-state index in [2.05, 4.69) is 4.99 Å². The van der Waals surface area contributed by atoms with Crippen molar-refractivity contribution in [1.29, 1.82) is 0 Å². The van der Waals surface area contributed by atoms with E-state index in [-0.39, 0.29) is 5.97 Å². The number of hydrogen-bond donors (Lipinski definition) is 0. The van der Waals surface area contributed by atoms with Gasteiger partial charge in [0.05, 0.1) is 12.8 Å². The fourth-order valence-corrected chi connectivity index (χ4v) is 2.66. The van der Waals surface area contributed by atoms with Crippen molar-refractivity contribution in [2.45, 2.75) is 0 Å². The number of methoxy groups -OCH3 is 1. The molecule has 0 aliphatic carbocycles. The van der Waals surface area contributed by atoms with Gasteiger partial charge in [0, 0.05) is 16.5 Å². The number of carbonyl (C=O) groups is 1. The van der Waals surface area contributed by atoms with Gasteiger partial charge in [-0.1, -0.05) is 42.5 Å². The monoisotopic (exact) mass is 289 g/mol. The van der Waals surface area contributed by atoms with E-state index in [1.54, 1.807) is 0 Å². The van der Waals surface area contributed by atoms with E-state index in [9.17, 15) is 4.79 Å². The zero-order valence-electron chi connectivity index (χ0n) is 10.2. The molecular formula is C14H11NO2S2. The first-order valence-corrected chi connectivity index (χ1v) is 6.80. The lowest BCUT2D eigenvalue weighted by molar-refractivity contribution is 0.0607. The average molecular weight is 289 g/mol. The summed E-state index contributed by atoms with van der Waals surface area (Å²) in [4.78, 5) is 17.3. The Morgan fingerprint density at radius 3 is 2.74 bits per heavy atom. The molecule has 2 aromatic rings. The maximum absolute atomic E-state index is 11.7. The van der Waals surface area contributed by atoms with Gasteiger partial charge >= 0.3 is 5.97 Å². The number of rotatable bonds is 4. The SMILES string of the molecule is COC(=O)c1sc(-c2ccccc2)cc1N=CC=S. The molecule has 0 aliphatic heterocycles. The highest BCUT2D eigenvalue weighted by Gasteiger charge is 2.16. The first-order valence-electron chi connectivity index (χ1n) is 5.51. The molecule has 0 radical (unpaired) electrons. The largest absolute Gasteiger partial charge is 0.465 e. The van der Waals surface area contributed by atoms with Crippen LogP contribution < -0.4 is 0 Å². The van der Waals surface area contributed by atoms with Crippen LogP contribution in [0.25, 0.3) is 10.4 Å². The lowest BCUT2D eigenvalue weighted by atomic mass is 10.2. The summed E-state index contributed by atoms with van der Waals surface area (Å²) >= 11 is 6.06. The van der Waals surface area contributed by atoms with Gasteiger partial charge in [0.25, 0.3) is 0 Å². The summed E-state index contributed by atoms with van der Waals surface area (Å²) in [5.74, 6) is -0.385. The Labute approximate surface area is 120 Å². The van der Waals surface area contributed by atoms with E-state index in [1.165, 1.54) is 30.0 Å². The van der Waals surface area contributed by atoms with Gasteiger partial charge in [0.1, 0.15) is 4.88 Å². The van der Waals surface area contributed by atoms with E-state index in [0.717, 1.165) is 10.4 Å². The highest BCUT2D eigenvalue weighted by molar-refractivity contribution is 7.80. The predicted octanol–water partition coefficient (Wildman–Crippen LogP) is 3.90. The van der Waals surface area contributed by atoms with Crippen LogP contribution >= 0.6 is 23.6 Å². The molecular weight excluding hydrogens is 278 g/mol. The number of thiocarbonyl (C=S) groups is 1. The summed E-state index contributed by atoms with van der Waals surface area (Å²) in [5, 5.41) is 1.40. The molecule has 0 spiro atoms. The zero-order chi connectivity index (χ0) is 13.7. The molecule has 0 unspecified atom stereocenters. The molecule has 96 valence electrons. The van der Waals surface area contributed by atoms with Gasteiger partial charge in [0.2, 0.25) is 0 Å². The minimum Gasteiger partial charge on any atom is -0.465 e. The van der Waals surface area contributed by atoms with Gasteiger partial charge in [-0.25, -0.2) is 4.79 Å². The minimum absolute atomic E-state index is 0.385. The number of nitrogens with zero attached hydrogens (tertiary/aromatic N) is 1. The number of esters is 1. The molecule has 1 heterocycles. The number of hydrogen-bond acceptors (Lipinski definition) is 5. The Morgan fingerprint density at radius 2 is 2.11 bits per heavy atom. The molecule has 0 amide bonds. The van der Waals surface area contributed by atoms with Gasteiger partial charge in [0.15, 0.2) is 0 Å². The molecule has 3 nitrogen and oxygen atoms in total. The second-order valence-electron chi connectivity index (χ2n) is 3.60. The van der Waals surface area contributed by atoms with E-state index >= 15 is 0 Å². The Balaban J connectivity index is 2.48. The van der Waals surface area contributed by atoms with Crippen molar-refractivity contribution < 1.29 is 9.53 Å². The van der Waals surface area contributed by atoms with Crippen LogP contribution in [0.2, 0.25) is 0 Å². The average Bonchev–Trinajstić information content (AvgIpc) is 2.89. The zero-order valence-corrected chi connectivity index (χ0v) is 11.8. The molecule has 0 aliphatic rings. The number of carbonyl (C=O) groups excluding carboxylic acids is 1. The van der Waals surface area contributed by atoms with Crippen molar-refractivity contribution in [3.05, 3.63) is 41.3 Å². The summed E-state index contributed by atoms with van der Waals surface area (Å²) in [6, 6.07) is 11.7. The third-order valence-corrected chi connectivity index (χ3v) is 3.69. The maximum atomic E-state index is 11.7. The highest BCUT2D eigenvalue weighted by Crippen LogP contribution is 2.36. The van der Waals surface area contributed by atoms with Gasteiger partial charge in [-0.3, -0.25) is 4.99 Å². The quantitative estimate of drug-likeness (QED) is 0.487. The normalized spacial score (nSPS) is 10.6. The van der Waals surface area contributed by atoms with Gasteiger partial charge in [-0.15, -0.1) is 11.3 Å². The third kappa shape index (κ3) is 3.13. The number of aliphatic imine (C=N–C) groups is 1. The molecule has 0 atom stereocenters. The van der Waals surface area contributed by atoms with Crippen molar-refractivity contribution in [2.24, 2.45) is 4.99 Å². The van der Waals surface area contributed by atoms with Crippen molar-refractivity contribution in [3.8, 4) is 10.4 Å². The Kier molecular flexibility index (Phi) is 4.54. The van der Waals surface area contributed by atoms with E-state index in [4.69, 9.17) is 17.0 Å². The smallest absolute Gasteiger partial charge is 0.350 e. The molecule has 2 rings (SSSR count). The van der Waals surface area contributed by atoms with Crippen molar-refractivity contribution in [1.82, 2.24) is 0 Å². The summed E-state index contributed by atoms with van der Waals surface area (Å²) in [6.45, 7) is 0. The van der Waals surface area contributed by atoms with Crippen LogP contribution in [0.3, 0.4) is 0 Å². The second kappa shape index (κ2) is 6.36. The van der Waals surface area contributed by atoms with Crippen LogP contribution in [0, 0.1) is 0 Å². The maximum Gasteiger partial charge on any atom is 0.350 e. The Morgan fingerprint density at radius 1 is 1.37 bits per heavy atom. The third-order valence-electron chi connectivity index (χ3n) is 2.42. The standard InChI is InChI=1S/C14H11NO2S2/c1-17-14(16)13-11(15-7-8-18)9-12(19-13)10-5-3-2-4-6-10/h2-9H,1H3. The van der Waals surface area contributed by atoms with Crippen LogP contribution in [-0.4, -0.2) is 24.7 Å². The van der Waals surface area contributed by atoms with Crippen LogP contribution in [0.5, 0.6) is 0 Å². The van der Waals surface area contributed by atoms with Gasteiger partial charge < -0.3 is 4.74 Å². The highest BCUT2D eigenvalue weighted by atomic mass is 32.1. The molecule has 0 bridgehead atoms. The van der Waals surface area contributed by atoms with E-state index in [1.807, 2.05) is 36.4 Å². The van der Waals surface area contributed by atoms with Crippen LogP contribution in [0.1, 0.15) is 9.67 Å². The van der Waals surface area contributed by atoms with Crippen molar-refractivity contribution in [3.63, 3.8) is 0 Å². The molecule has 0 saturated carbocycles. The van der Waals surface area contributed by atoms with Crippen molar-refractivity contribution in [2.75, 3.05) is 7.11 Å². The summed E-state index contributed by atoms with van der Waals surface area (Å²) in [5.41, 5.74) is 1.62. The fraction of sp³-hybridized carbons (Fsp3) is 0.0714. The number of thiophene rings is 1. The fourth-order valence-electron chi connectivity index (χ4n) is 1.57. The predicted molar refractivity (Wildman–Crippen MR) is 82.9 cm³/mol. The molecule has 0 fully saturated rings. The minimum atomic E-state index is -0.385. The van der Waals surface area contributed by atoms with E-state index < -0.39 is 0 Å². The lowest BCUT2D eigenvalue weighted by Crippen LogP contribution is -1.97. The van der Waals surface area contributed by atoms with E-state index in [0.29, 0.717) is 10.6 Å². The molecule has 0 saturated heterocycles. The summed E-state index contributed by atoms with van der Waals surface area (Å²) in [7, 11) is 1.36. The summed E-state index contributed by atoms with van der Waals surface area (Å²) < 4.78 is 4.77. The first-order chi connectivity index (χ1) is 9.26. The van der Waals surface area contributed by atoms with Crippen molar-refractivity contribution >= 4 is 46.8 Å². The number of benzene rings is 1. The topological polar surface area (TPSA) is 38.7 Å². The second-order valence-corrected chi connectivity index (χ2v) is 4.92. The first kappa shape index (κ1) is 13.6. The molecule has 19 heavy (non-hydrogen) atoms. The molecule has 1 aromatic carbocycles.